The highest BCUT2D eigenvalue weighted by atomic mass is 32.2. The van der Waals surface area contributed by atoms with Gasteiger partial charge in [0.1, 0.15) is 11.9 Å². The molecule has 0 aromatic heterocycles. The van der Waals surface area contributed by atoms with E-state index in [4.69, 9.17) is 9.47 Å². The molecule has 0 unspecified atom stereocenters. The molecule has 2 aromatic rings. The van der Waals surface area contributed by atoms with Gasteiger partial charge in [-0.3, -0.25) is 4.79 Å². The van der Waals surface area contributed by atoms with Crippen LogP contribution in [0, 0.1) is 11.7 Å². The Kier molecular flexibility index (Phi) is 10.8. The first-order chi connectivity index (χ1) is 16.1. The molecule has 0 aliphatic carbocycles. The number of nitrogens with one attached hydrogen (secondary N) is 2. The summed E-state index contributed by atoms with van der Waals surface area (Å²) in [6.07, 6.45) is 2.12. The summed E-state index contributed by atoms with van der Waals surface area (Å²) in [6.45, 7) is 5.98. The molecule has 2 aromatic carbocycles. The lowest BCUT2D eigenvalue weighted by atomic mass is 10.0. The zero-order chi connectivity index (χ0) is 25.1. The number of sulfonamides is 1. The number of carbonyl (C=O) groups is 1. The molecule has 0 fully saturated rings. The molecule has 7 nitrogen and oxygen atoms in total. The van der Waals surface area contributed by atoms with E-state index in [1.165, 1.54) is 19.1 Å². The Hall–Kier alpha value is -2.65. The maximum absolute atomic E-state index is 13.0. The molecule has 0 aliphatic heterocycles. The minimum absolute atomic E-state index is 0.0794. The first kappa shape index (κ1) is 27.6. The highest BCUT2D eigenvalue weighted by Gasteiger charge is 2.26. The van der Waals surface area contributed by atoms with Crippen LogP contribution in [0.4, 0.5) is 4.39 Å². The SMILES string of the molecule is CCS(=O)(=O)N[C@H](C(=O)NCCc1ccc(OCCCc2ccc(F)cc2)c(OC)c1)C(C)C. The molecule has 1 atom stereocenters. The number of methoxy groups -OCH3 is 1. The van der Waals surface area contributed by atoms with E-state index < -0.39 is 16.1 Å². The van der Waals surface area contributed by atoms with Gasteiger partial charge < -0.3 is 14.8 Å². The Morgan fingerprint density at radius 2 is 1.71 bits per heavy atom. The van der Waals surface area contributed by atoms with Gasteiger partial charge in [-0.15, -0.1) is 0 Å². The van der Waals surface area contributed by atoms with Gasteiger partial charge in [0.2, 0.25) is 15.9 Å². The third-order valence-corrected chi connectivity index (χ3v) is 6.73. The Bertz CT molecular complexity index is 1030. The van der Waals surface area contributed by atoms with Crippen molar-refractivity contribution in [3.8, 4) is 11.5 Å². The van der Waals surface area contributed by atoms with Crippen LogP contribution in [0.3, 0.4) is 0 Å². The maximum atomic E-state index is 13.0. The van der Waals surface area contributed by atoms with Crippen molar-refractivity contribution in [1.29, 1.82) is 0 Å². The van der Waals surface area contributed by atoms with Crippen molar-refractivity contribution < 1.29 is 27.1 Å². The fraction of sp³-hybridized carbons (Fsp3) is 0.480. The van der Waals surface area contributed by atoms with E-state index in [9.17, 15) is 17.6 Å². The highest BCUT2D eigenvalue weighted by molar-refractivity contribution is 7.89. The first-order valence-corrected chi connectivity index (χ1v) is 13.1. The molecule has 2 N–H and O–H groups in total. The molecule has 34 heavy (non-hydrogen) atoms. The molecule has 0 radical (unpaired) electrons. The molecule has 0 heterocycles. The third-order valence-electron chi connectivity index (χ3n) is 5.36. The van der Waals surface area contributed by atoms with Gasteiger partial charge in [-0.05, 0) is 67.5 Å². The normalized spacial score (nSPS) is 12.4. The minimum Gasteiger partial charge on any atom is -0.493 e. The van der Waals surface area contributed by atoms with Crippen LogP contribution < -0.4 is 19.5 Å². The van der Waals surface area contributed by atoms with E-state index in [1.54, 1.807) is 33.1 Å². The zero-order valence-electron chi connectivity index (χ0n) is 20.3. The largest absolute Gasteiger partial charge is 0.493 e. The quantitative estimate of drug-likeness (QED) is 0.392. The van der Waals surface area contributed by atoms with Crippen molar-refractivity contribution in [3.05, 3.63) is 59.4 Å². The van der Waals surface area contributed by atoms with Gasteiger partial charge in [-0.2, -0.15) is 0 Å². The monoisotopic (exact) mass is 494 g/mol. The lowest BCUT2D eigenvalue weighted by molar-refractivity contribution is -0.123. The Morgan fingerprint density at radius 1 is 1.03 bits per heavy atom. The van der Waals surface area contributed by atoms with Crippen LogP contribution >= 0.6 is 0 Å². The number of hydrogen-bond donors (Lipinski definition) is 2. The number of carbonyl (C=O) groups excluding carboxylic acids is 1. The number of aryl methyl sites for hydroxylation is 1. The molecule has 188 valence electrons. The van der Waals surface area contributed by atoms with Crippen LogP contribution in [-0.4, -0.2) is 46.4 Å². The lowest BCUT2D eigenvalue weighted by Gasteiger charge is -2.21. The van der Waals surface area contributed by atoms with Crippen LogP contribution in [0.5, 0.6) is 11.5 Å². The molecule has 2 rings (SSSR count). The molecule has 0 spiro atoms. The van der Waals surface area contributed by atoms with E-state index in [1.807, 2.05) is 18.2 Å². The summed E-state index contributed by atoms with van der Waals surface area (Å²) < 4.78 is 50.5. The number of hydrogen-bond acceptors (Lipinski definition) is 5. The van der Waals surface area contributed by atoms with Crippen molar-refractivity contribution in [2.45, 2.75) is 46.1 Å². The van der Waals surface area contributed by atoms with Crippen molar-refractivity contribution in [1.82, 2.24) is 10.0 Å². The van der Waals surface area contributed by atoms with Gasteiger partial charge >= 0.3 is 0 Å². The second-order valence-corrected chi connectivity index (χ2v) is 10.4. The van der Waals surface area contributed by atoms with Crippen LogP contribution in [0.25, 0.3) is 0 Å². The van der Waals surface area contributed by atoms with Gasteiger partial charge in [0.15, 0.2) is 11.5 Å². The van der Waals surface area contributed by atoms with E-state index >= 15 is 0 Å². The van der Waals surface area contributed by atoms with Crippen molar-refractivity contribution in [3.63, 3.8) is 0 Å². The van der Waals surface area contributed by atoms with Crippen molar-refractivity contribution >= 4 is 15.9 Å². The molecule has 0 aliphatic rings. The van der Waals surface area contributed by atoms with E-state index in [2.05, 4.69) is 10.0 Å². The Labute approximate surface area is 202 Å². The average molecular weight is 495 g/mol. The summed E-state index contributed by atoms with van der Waals surface area (Å²) in [6, 6.07) is 11.2. The fourth-order valence-electron chi connectivity index (χ4n) is 3.31. The summed E-state index contributed by atoms with van der Waals surface area (Å²) >= 11 is 0. The van der Waals surface area contributed by atoms with Gasteiger partial charge in [-0.1, -0.05) is 32.0 Å². The molecule has 9 heteroatoms. The summed E-state index contributed by atoms with van der Waals surface area (Å²) in [5.74, 6) is 0.375. The van der Waals surface area contributed by atoms with Crippen molar-refractivity contribution in [2.75, 3.05) is 26.0 Å². The fourth-order valence-corrected chi connectivity index (χ4v) is 4.24. The highest BCUT2D eigenvalue weighted by Crippen LogP contribution is 2.28. The van der Waals surface area contributed by atoms with Crippen molar-refractivity contribution in [2.24, 2.45) is 5.92 Å². The Balaban J connectivity index is 1.85. The number of ether oxygens (including phenoxy) is 2. The molecule has 0 saturated carbocycles. The topological polar surface area (TPSA) is 93.7 Å². The standard InChI is InChI=1S/C25H35FN2O5S/c1-5-34(30,31)28-24(18(2)3)25(29)27-15-14-20-10-13-22(23(17-20)32-4)33-16-6-7-19-8-11-21(26)12-9-19/h8-13,17-18,24,28H,5-7,14-16H2,1-4H3,(H,27,29)/t24-/m0/s1. The molecule has 1 amide bonds. The van der Waals surface area contributed by atoms with Crippen LogP contribution in [0.2, 0.25) is 0 Å². The molecule has 0 bridgehead atoms. The van der Waals surface area contributed by atoms with Crippen LogP contribution in [0.1, 0.15) is 38.3 Å². The maximum Gasteiger partial charge on any atom is 0.238 e. The zero-order valence-corrected chi connectivity index (χ0v) is 21.1. The van der Waals surface area contributed by atoms with E-state index in [0.717, 1.165) is 24.0 Å². The van der Waals surface area contributed by atoms with Gasteiger partial charge in [0, 0.05) is 6.54 Å². The van der Waals surface area contributed by atoms with Crippen LogP contribution in [-0.2, 0) is 27.7 Å². The summed E-state index contributed by atoms with van der Waals surface area (Å²) in [7, 11) is -1.91. The number of rotatable bonds is 14. The first-order valence-electron chi connectivity index (χ1n) is 11.5. The molecule has 0 saturated heterocycles. The number of amides is 1. The molecular weight excluding hydrogens is 459 g/mol. The summed E-state index contributed by atoms with van der Waals surface area (Å²) in [5.41, 5.74) is 2.00. The van der Waals surface area contributed by atoms with Gasteiger partial charge in [0.05, 0.1) is 19.5 Å². The van der Waals surface area contributed by atoms with Gasteiger partial charge in [-0.25, -0.2) is 17.5 Å². The smallest absolute Gasteiger partial charge is 0.238 e. The predicted molar refractivity (Wildman–Crippen MR) is 131 cm³/mol. The van der Waals surface area contributed by atoms with E-state index in [-0.39, 0.29) is 23.4 Å². The Morgan fingerprint density at radius 3 is 2.32 bits per heavy atom. The second kappa shape index (κ2) is 13.3. The average Bonchev–Trinajstić information content (AvgIpc) is 2.81. The second-order valence-electron chi connectivity index (χ2n) is 8.35. The third kappa shape index (κ3) is 8.95. The predicted octanol–water partition coefficient (Wildman–Crippen LogP) is 3.47. The van der Waals surface area contributed by atoms with E-state index in [0.29, 0.717) is 31.1 Å². The lowest BCUT2D eigenvalue weighted by Crippen LogP contribution is -2.50. The number of halogens is 1. The minimum atomic E-state index is -3.48. The molecular formula is C25H35FN2O5S. The van der Waals surface area contributed by atoms with Gasteiger partial charge in [0.25, 0.3) is 0 Å². The van der Waals surface area contributed by atoms with Crippen LogP contribution in [0.15, 0.2) is 42.5 Å². The number of benzene rings is 2. The summed E-state index contributed by atoms with van der Waals surface area (Å²) in [4.78, 5) is 12.5. The summed E-state index contributed by atoms with van der Waals surface area (Å²) in [5, 5.41) is 2.81.